The molecule has 0 atom stereocenters. The molecule has 0 spiro atoms. The third-order valence-electron chi connectivity index (χ3n) is 6.96. The van der Waals surface area contributed by atoms with Gasteiger partial charge in [0.05, 0.1) is 0 Å². The van der Waals surface area contributed by atoms with E-state index in [-0.39, 0.29) is 0 Å². The summed E-state index contributed by atoms with van der Waals surface area (Å²) in [6.45, 7) is 11.7. The molecule has 0 rings (SSSR count). The van der Waals surface area contributed by atoms with Crippen LogP contribution in [0.25, 0.3) is 0 Å². The Kier molecular flexibility index (Phi) is 28.0. The van der Waals surface area contributed by atoms with Gasteiger partial charge in [0.15, 0.2) is 0 Å². The number of unbranched alkanes of at least 4 members (excludes halogenated alkanes) is 22. The maximum Gasteiger partial charge on any atom is 0.0220 e. The SMILES string of the molecule is C[CH]N(CCCCCCCCCCCCCC)CCCCCCCCCCCCCC. The Balaban J connectivity index is 3.26. The van der Waals surface area contributed by atoms with Crippen LogP contribution in [0.1, 0.15) is 175 Å². The molecule has 0 bridgehead atoms. The largest absolute Gasteiger partial charge is 0.299 e. The van der Waals surface area contributed by atoms with Crippen molar-refractivity contribution < 1.29 is 0 Å². The first-order valence-corrected chi connectivity index (χ1v) is 14.9. The van der Waals surface area contributed by atoms with Gasteiger partial charge in [-0.3, -0.25) is 4.90 Å². The third-order valence-corrected chi connectivity index (χ3v) is 6.96. The Morgan fingerprint density at radius 3 is 0.806 bits per heavy atom. The van der Waals surface area contributed by atoms with Crippen molar-refractivity contribution in [3.8, 4) is 0 Å². The van der Waals surface area contributed by atoms with E-state index in [1.807, 2.05) is 0 Å². The highest BCUT2D eigenvalue weighted by Gasteiger charge is 2.02. The number of hydrogen-bond acceptors (Lipinski definition) is 1. The molecule has 31 heavy (non-hydrogen) atoms. The van der Waals surface area contributed by atoms with Crippen LogP contribution in [-0.4, -0.2) is 18.0 Å². The van der Waals surface area contributed by atoms with E-state index in [2.05, 4.69) is 32.2 Å². The smallest absolute Gasteiger partial charge is 0.0220 e. The first kappa shape index (κ1) is 31.0. The van der Waals surface area contributed by atoms with Crippen molar-refractivity contribution in [2.75, 3.05) is 13.1 Å². The minimum absolute atomic E-state index is 1.28. The molecular weight excluding hydrogens is 374 g/mol. The van der Waals surface area contributed by atoms with Gasteiger partial charge in [0, 0.05) is 6.54 Å². The lowest BCUT2D eigenvalue weighted by molar-refractivity contribution is 0.316. The fourth-order valence-electron chi connectivity index (χ4n) is 4.68. The maximum atomic E-state index is 2.58. The molecule has 187 valence electrons. The monoisotopic (exact) mass is 436 g/mol. The summed E-state index contributed by atoms with van der Waals surface area (Å²) in [5.41, 5.74) is 0. The van der Waals surface area contributed by atoms with Crippen molar-refractivity contribution >= 4 is 0 Å². The van der Waals surface area contributed by atoms with Crippen molar-refractivity contribution in [2.45, 2.75) is 175 Å². The zero-order valence-electron chi connectivity index (χ0n) is 22.4. The van der Waals surface area contributed by atoms with Crippen LogP contribution in [0.2, 0.25) is 0 Å². The highest BCUT2D eigenvalue weighted by atomic mass is 15.1. The third kappa shape index (κ3) is 26.1. The van der Waals surface area contributed by atoms with Gasteiger partial charge in [-0.15, -0.1) is 0 Å². The van der Waals surface area contributed by atoms with E-state index in [1.54, 1.807) is 0 Å². The standard InChI is InChI=1S/C30H62N/c1-4-7-9-11-13-15-17-19-21-23-25-27-29-31(6-3)30-28-26-24-22-20-18-16-14-12-10-8-5-2/h6H,4-5,7-30H2,1-3H3. The lowest BCUT2D eigenvalue weighted by Crippen LogP contribution is -2.22. The van der Waals surface area contributed by atoms with E-state index in [0.717, 1.165) is 0 Å². The molecule has 0 aliphatic rings. The van der Waals surface area contributed by atoms with E-state index in [9.17, 15) is 0 Å². The molecular formula is C30H62N. The molecule has 0 aliphatic heterocycles. The first-order valence-electron chi connectivity index (χ1n) is 14.9. The molecule has 1 nitrogen and oxygen atoms in total. The van der Waals surface area contributed by atoms with Crippen molar-refractivity contribution in [1.29, 1.82) is 0 Å². The van der Waals surface area contributed by atoms with Gasteiger partial charge in [-0.05, 0) is 32.9 Å². The zero-order valence-corrected chi connectivity index (χ0v) is 22.4. The van der Waals surface area contributed by atoms with Gasteiger partial charge in [-0.25, -0.2) is 0 Å². The second kappa shape index (κ2) is 28.0. The summed E-state index contributed by atoms with van der Waals surface area (Å²) in [5.74, 6) is 0. The van der Waals surface area contributed by atoms with Gasteiger partial charge < -0.3 is 0 Å². The van der Waals surface area contributed by atoms with Gasteiger partial charge in [0.2, 0.25) is 0 Å². The molecule has 0 saturated carbocycles. The normalized spacial score (nSPS) is 11.6. The summed E-state index contributed by atoms with van der Waals surface area (Å²) < 4.78 is 0. The van der Waals surface area contributed by atoms with E-state index >= 15 is 0 Å². The van der Waals surface area contributed by atoms with Gasteiger partial charge in [-0.2, -0.15) is 0 Å². The minimum atomic E-state index is 1.28. The molecule has 0 fully saturated rings. The quantitative estimate of drug-likeness (QED) is 0.116. The van der Waals surface area contributed by atoms with Gasteiger partial charge >= 0.3 is 0 Å². The number of nitrogens with zero attached hydrogens (tertiary/aromatic N) is 1. The van der Waals surface area contributed by atoms with Crippen LogP contribution in [-0.2, 0) is 0 Å². The number of hydrogen-bond donors (Lipinski definition) is 0. The minimum Gasteiger partial charge on any atom is -0.299 e. The van der Waals surface area contributed by atoms with E-state index < -0.39 is 0 Å². The summed E-state index contributed by atoms with van der Waals surface area (Å²) in [5, 5.41) is 0. The Morgan fingerprint density at radius 2 is 0.581 bits per heavy atom. The van der Waals surface area contributed by atoms with Crippen LogP contribution in [0.4, 0.5) is 0 Å². The second-order valence-electron chi connectivity index (χ2n) is 10.1. The first-order chi connectivity index (χ1) is 15.3. The van der Waals surface area contributed by atoms with E-state index in [1.165, 1.54) is 167 Å². The lowest BCUT2D eigenvalue weighted by atomic mass is 10.0. The average Bonchev–Trinajstić information content (AvgIpc) is 2.79. The van der Waals surface area contributed by atoms with Crippen LogP contribution in [0.3, 0.4) is 0 Å². The molecule has 0 N–H and O–H groups in total. The highest BCUT2D eigenvalue weighted by Crippen LogP contribution is 2.14. The van der Waals surface area contributed by atoms with Crippen molar-refractivity contribution in [3.05, 3.63) is 6.54 Å². The van der Waals surface area contributed by atoms with Gasteiger partial charge in [-0.1, -0.05) is 155 Å². The number of rotatable bonds is 27. The van der Waals surface area contributed by atoms with Crippen LogP contribution in [0, 0.1) is 6.54 Å². The lowest BCUT2D eigenvalue weighted by Gasteiger charge is -2.19. The van der Waals surface area contributed by atoms with Crippen LogP contribution in [0.5, 0.6) is 0 Å². The van der Waals surface area contributed by atoms with Crippen LogP contribution in [0.15, 0.2) is 0 Å². The Labute approximate surface area is 199 Å². The predicted molar refractivity (Wildman–Crippen MR) is 144 cm³/mol. The Bertz CT molecular complexity index is 273. The molecule has 0 heterocycles. The molecule has 0 saturated heterocycles. The van der Waals surface area contributed by atoms with E-state index in [4.69, 9.17) is 0 Å². The molecule has 0 amide bonds. The summed E-state index contributed by atoms with van der Waals surface area (Å²) in [6.07, 6.45) is 34.7. The molecule has 0 aromatic rings. The summed E-state index contributed by atoms with van der Waals surface area (Å²) in [6, 6.07) is 0. The molecule has 0 aromatic carbocycles. The molecule has 0 aromatic heterocycles. The van der Waals surface area contributed by atoms with Gasteiger partial charge in [0.1, 0.15) is 0 Å². The maximum absolute atomic E-state index is 2.58. The van der Waals surface area contributed by atoms with Crippen molar-refractivity contribution in [1.82, 2.24) is 4.90 Å². The Morgan fingerprint density at radius 1 is 0.355 bits per heavy atom. The van der Waals surface area contributed by atoms with Gasteiger partial charge in [0.25, 0.3) is 0 Å². The molecule has 0 unspecified atom stereocenters. The zero-order chi connectivity index (χ0) is 22.7. The topological polar surface area (TPSA) is 3.24 Å². The fraction of sp³-hybridized carbons (Fsp3) is 0.967. The average molecular weight is 437 g/mol. The molecule has 0 aliphatic carbocycles. The van der Waals surface area contributed by atoms with Crippen molar-refractivity contribution in [3.63, 3.8) is 0 Å². The summed E-state index contributed by atoms with van der Waals surface area (Å²) in [7, 11) is 0. The Hall–Kier alpha value is -0.0400. The van der Waals surface area contributed by atoms with Crippen molar-refractivity contribution in [2.24, 2.45) is 0 Å². The predicted octanol–water partition coefficient (Wildman–Crippen LogP) is 10.9. The molecule has 1 radical (unpaired) electrons. The summed E-state index contributed by atoms with van der Waals surface area (Å²) in [4.78, 5) is 2.58. The summed E-state index contributed by atoms with van der Waals surface area (Å²) >= 11 is 0. The molecule has 1 heteroatoms. The van der Waals surface area contributed by atoms with Crippen LogP contribution < -0.4 is 0 Å². The highest BCUT2D eigenvalue weighted by molar-refractivity contribution is 4.64. The van der Waals surface area contributed by atoms with E-state index in [0.29, 0.717) is 0 Å². The fourth-order valence-corrected chi connectivity index (χ4v) is 4.68. The second-order valence-corrected chi connectivity index (χ2v) is 10.1. The van der Waals surface area contributed by atoms with Crippen LogP contribution >= 0.6 is 0 Å².